The van der Waals surface area contributed by atoms with Gasteiger partial charge in [-0.25, -0.2) is 0 Å². The van der Waals surface area contributed by atoms with Gasteiger partial charge in [0.15, 0.2) is 0 Å². The quantitative estimate of drug-likeness (QED) is 0.902. The molecular formula is C16H14N2O2. The Balaban J connectivity index is 1.86. The molecule has 2 N–H and O–H groups in total. The molecule has 4 heteroatoms. The fourth-order valence-corrected chi connectivity index (χ4v) is 2.45. The molecule has 2 bridgehead atoms. The first-order valence-corrected chi connectivity index (χ1v) is 6.40. The van der Waals surface area contributed by atoms with Crippen LogP contribution in [0.4, 0.5) is 0 Å². The summed E-state index contributed by atoms with van der Waals surface area (Å²) in [5.74, 6) is -0.608. The van der Waals surface area contributed by atoms with Crippen molar-refractivity contribution in [3.05, 3.63) is 70.8 Å². The third kappa shape index (κ3) is 2.28. The fraction of sp³-hybridized carbons (Fsp3) is 0.125. The Morgan fingerprint density at radius 1 is 0.900 bits per heavy atom. The number of hydrogen-bond donors (Lipinski definition) is 1. The van der Waals surface area contributed by atoms with Crippen molar-refractivity contribution in [1.82, 2.24) is 4.90 Å². The maximum Gasteiger partial charge on any atom is 0.254 e. The number of nitrogens with zero attached hydrogens (tertiary/aromatic N) is 1. The van der Waals surface area contributed by atoms with E-state index in [1.165, 1.54) is 0 Å². The molecule has 0 atom stereocenters. The van der Waals surface area contributed by atoms with Gasteiger partial charge in [-0.3, -0.25) is 9.59 Å². The number of hydrogen-bond acceptors (Lipinski definition) is 2. The van der Waals surface area contributed by atoms with E-state index in [1.807, 2.05) is 18.2 Å². The zero-order chi connectivity index (χ0) is 14.1. The average Bonchev–Trinajstić information content (AvgIpc) is 2.46. The van der Waals surface area contributed by atoms with Gasteiger partial charge in [0.2, 0.25) is 5.91 Å². The van der Waals surface area contributed by atoms with Gasteiger partial charge in [0.25, 0.3) is 5.91 Å². The molecule has 100 valence electrons. The van der Waals surface area contributed by atoms with Gasteiger partial charge < -0.3 is 10.6 Å². The highest BCUT2D eigenvalue weighted by Crippen LogP contribution is 2.20. The minimum absolute atomic E-state index is 0.0834. The summed E-state index contributed by atoms with van der Waals surface area (Å²) in [5, 5.41) is 0. The fourth-order valence-electron chi connectivity index (χ4n) is 2.45. The first kappa shape index (κ1) is 12.4. The van der Waals surface area contributed by atoms with Gasteiger partial charge >= 0.3 is 0 Å². The van der Waals surface area contributed by atoms with Crippen molar-refractivity contribution in [2.45, 2.75) is 13.1 Å². The summed E-state index contributed by atoms with van der Waals surface area (Å²) in [6.07, 6.45) is 0. The summed E-state index contributed by atoms with van der Waals surface area (Å²) < 4.78 is 0. The van der Waals surface area contributed by atoms with Crippen molar-refractivity contribution < 1.29 is 9.59 Å². The molecule has 0 saturated carbocycles. The Morgan fingerprint density at radius 3 is 2.15 bits per heavy atom. The van der Waals surface area contributed by atoms with Crippen LogP contribution in [0.2, 0.25) is 0 Å². The highest BCUT2D eigenvalue weighted by Gasteiger charge is 2.20. The minimum atomic E-state index is -0.525. The van der Waals surface area contributed by atoms with Gasteiger partial charge in [-0.05, 0) is 29.3 Å². The summed E-state index contributed by atoms with van der Waals surface area (Å²) in [4.78, 5) is 25.5. The van der Waals surface area contributed by atoms with Crippen LogP contribution in [0.15, 0.2) is 48.5 Å². The Bertz CT molecular complexity index is 673. The van der Waals surface area contributed by atoms with Crippen molar-refractivity contribution in [2.24, 2.45) is 5.73 Å². The second kappa shape index (κ2) is 4.81. The average molecular weight is 266 g/mol. The van der Waals surface area contributed by atoms with E-state index in [1.54, 1.807) is 29.2 Å². The third-order valence-corrected chi connectivity index (χ3v) is 3.42. The zero-order valence-electron chi connectivity index (χ0n) is 10.9. The lowest BCUT2D eigenvalue weighted by molar-refractivity contribution is 0.0723. The number of fused-ring (bicyclic) bond motifs is 2. The molecule has 0 fully saturated rings. The monoisotopic (exact) mass is 266 g/mol. The largest absolute Gasteiger partial charge is 0.366 e. The van der Waals surface area contributed by atoms with E-state index in [0.29, 0.717) is 24.2 Å². The molecule has 3 rings (SSSR count). The molecule has 0 aliphatic carbocycles. The SMILES string of the molecule is NC(=O)c1cccc(C(=O)N2Cc3cccc(c3)C2)c1. The van der Waals surface area contributed by atoms with Crippen LogP contribution >= 0.6 is 0 Å². The molecule has 0 spiro atoms. The number of carbonyl (C=O) groups excluding carboxylic acids is 2. The van der Waals surface area contributed by atoms with Crippen LogP contribution in [0, 0.1) is 0 Å². The van der Waals surface area contributed by atoms with Gasteiger partial charge in [0.05, 0.1) is 0 Å². The minimum Gasteiger partial charge on any atom is -0.366 e. The number of primary amides is 1. The van der Waals surface area contributed by atoms with Crippen LogP contribution < -0.4 is 5.73 Å². The van der Waals surface area contributed by atoms with Gasteiger partial charge in [0, 0.05) is 24.2 Å². The molecule has 0 unspecified atom stereocenters. The Kier molecular flexibility index (Phi) is 2.99. The van der Waals surface area contributed by atoms with Crippen LogP contribution in [-0.2, 0) is 13.1 Å². The smallest absolute Gasteiger partial charge is 0.254 e. The highest BCUT2D eigenvalue weighted by molar-refractivity contribution is 5.99. The lowest BCUT2D eigenvalue weighted by Crippen LogP contribution is -2.32. The molecule has 2 aromatic rings. The van der Waals surface area contributed by atoms with Gasteiger partial charge in [-0.15, -0.1) is 0 Å². The Morgan fingerprint density at radius 2 is 1.50 bits per heavy atom. The van der Waals surface area contributed by atoms with Crippen molar-refractivity contribution in [1.29, 1.82) is 0 Å². The highest BCUT2D eigenvalue weighted by atomic mass is 16.2. The summed E-state index contributed by atoms with van der Waals surface area (Å²) in [5.41, 5.74) is 8.33. The van der Waals surface area contributed by atoms with Gasteiger partial charge in [-0.2, -0.15) is 0 Å². The standard InChI is InChI=1S/C16H14N2O2/c17-15(19)13-5-2-6-14(8-13)16(20)18-9-11-3-1-4-12(7-11)10-18/h1-8H,9-10H2,(H2,17,19). The molecule has 20 heavy (non-hydrogen) atoms. The molecule has 0 aromatic heterocycles. The van der Waals surface area contributed by atoms with E-state index < -0.39 is 5.91 Å². The number of nitrogens with two attached hydrogens (primary N) is 1. The Hall–Kier alpha value is -2.62. The summed E-state index contributed by atoms with van der Waals surface area (Å²) >= 11 is 0. The first-order chi connectivity index (χ1) is 9.63. The van der Waals surface area contributed by atoms with Crippen molar-refractivity contribution in [3.8, 4) is 0 Å². The van der Waals surface area contributed by atoms with E-state index in [9.17, 15) is 9.59 Å². The Labute approximate surface area is 116 Å². The summed E-state index contributed by atoms with van der Waals surface area (Å²) in [7, 11) is 0. The van der Waals surface area contributed by atoms with Crippen molar-refractivity contribution >= 4 is 11.8 Å². The second-order valence-electron chi connectivity index (χ2n) is 4.93. The van der Waals surface area contributed by atoms with Crippen LogP contribution in [0.3, 0.4) is 0 Å². The molecular weight excluding hydrogens is 252 g/mol. The van der Waals surface area contributed by atoms with E-state index in [2.05, 4.69) is 6.07 Å². The van der Waals surface area contributed by atoms with E-state index in [0.717, 1.165) is 11.1 Å². The molecule has 2 aromatic carbocycles. The number of amides is 2. The topological polar surface area (TPSA) is 63.4 Å². The normalized spacial score (nSPS) is 13.1. The lowest BCUT2D eigenvalue weighted by atomic mass is 10.0. The predicted molar refractivity (Wildman–Crippen MR) is 75.0 cm³/mol. The van der Waals surface area contributed by atoms with Gasteiger partial charge in [-0.1, -0.05) is 30.3 Å². The molecule has 1 heterocycles. The van der Waals surface area contributed by atoms with Crippen molar-refractivity contribution in [2.75, 3.05) is 0 Å². The lowest BCUT2D eigenvalue weighted by Gasteiger charge is -2.27. The zero-order valence-corrected chi connectivity index (χ0v) is 10.9. The maximum atomic E-state index is 12.5. The molecule has 1 aliphatic heterocycles. The van der Waals surface area contributed by atoms with E-state index >= 15 is 0 Å². The third-order valence-electron chi connectivity index (χ3n) is 3.42. The number of carbonyl (C=O) groups is 2. The first-order valence-electron chi connectivity index (χ1n) is 6.40. The molecule has 2 amide bonds. The van der Waals surface area contributed by atoms with Crippen LogP contribution in [-0.4, -0.2) is 16.7 Å². The predicted octanol–water partition coefficient (Wildman–Crippen LogP) is 1.94. The van der Waals surface area contributed by atoms with Crippen LogP contribution in [0.5, 0.6) is 0 Å². The van der Waals surface area contributed by atoms with E-state index in [-0.39, 0.29) is 5.91 Å². The number of benzene rings is 2. The molecule has 0 radical (unpaired) electrons. The van der Waals surface area contributed by atoms with Crippen LogP contribution in [0.25, 0.3) is 0 Å². The molecule has 1 aliphatic rings. The maximum absolute atomic E-state index is 12.5. The van der Waals surface area contributed by atoms with Crippen molar-refractivity contribution in [3.63, 3.8) is 0 Å². The van der Waals surface area contributed by atoms with Crippen LogP contribution in [0.1, 0.15) is 31.8 Å². The summed E-state index contributed by atoms with van der Waals surface area (Å²) in [6, 6.07) is 14.6. The molecule has 4 nitrogen and oxygen atoms in total. The second-order valence-corrected chi connectivity index (χ2v) is 4.93. The summed E-state index contributed by atoms with van der Waals surface area (Å²) in [6.45, 7) is 1.18. The van der Waals surface area contributed by atoms with Gasteiger partial charge in [0.1, 0.15) is 0 Å². The number of rotatable bonds is 2. The molecule has 0 saturated heterocycles. The van der Waals surface area contributed by atoms with E-state index in [4.69, 9.17) is 5.73 Å².